The van der Waals surface area contributed by atoms with Gasteiger partial charge in [0, 0.05) is 37.4 Å². The summed E-state index contributed by atoms with van der Waals surface area (Å²) in [6.07, 6.45) is 0. The van der Waals surface area contributed by atoms with E-state index in [1.165, 1.54) is 32.4 Å². The molecule has 1 N–H and O–H groups in total. The number of rotatable bonds is 6. The smallest absolute Gasteiger partial charge is 0.337 e. The summed E-state index contributed by atoms with van der Waals surface area (Å²) in [5.41, 5.74) is 3.31. The van der Waals surface area contributed by atoms with E-state index < -0.39 is 11.9 Å². The monoisotopic (exact) mass is 467 g/mol. The highest BCUT2D eigenvalue weighted by Gasteiger charge is 2.24. The number of nitrogens with one attached hydrogen (secondary N) is 1. The average molecular weight is 468 g/mol. The standard InChI is InChI=1S/C25H29N3O6/c1-16-9-17(2)11-18(10-16)23(30)28-7-5-27(6-8-28)15-22(29)26-21-13-19(24(31)33-3)12-20(14-21)25(32)34-4/h9-14H,5-8,15H2,1-4H3,(H,26,29). The van der Waals surface area contributed by atoms with E-state index in [9.17, 15) is 19.2 Å². The van der Waals surface area contributed by atoms with Crippen LogP contribution in [-0.2, 0) is 14.3 Å². The van der Waals surface area contributed by atoms with E-state index >= 15 is 0 Å². The molecule has 34 heavy (non-hydrogen) atoms. The first kappa shape index (κ1) is 24.9. The van der Waals surface area contributed by atoms with Gasteiger partial charge in [0.2, 0.25) is 5.91 Å². The quantitative estimate of drug-likeness (QED) is 0.650. The second-order valence-electron chi connectivity index (χ2n) is 8.28. The first-order valence-electron chi connectivity index (χ1n) is 10.9. The number of benzene rings is 2. The maximum atomic E-state index is 12.9. The molecule has 2 aromatic rings. The molecule has 0 bridgehead atoms. The topological polar surface area (TPSA) is 105 Å². The Kier molecular flexibility index (Phi) is 8.01. The van der Waals surface area contributed by atoms with Gasteiger partial charge in [-0.2, -0.15) is 0 Å². The molecule has 0 aliphatic carbocycles. The van der Waals surface area contributed by atoms with Gasteiger partial charge in [-0.15, -0.1) is 0 Å². The lowest BCUT2D eigenvalue weighted by molar-refractivity contribution is -0.117. The number of carbonyl (C=O) groups is 4. The number of methoxy groups -OCH3 is 2. The van der Waals surface area contributed by atoms with Gasteiger partial charge in [0.25, 0.3) is 5.91 Å². The molecule has 1 aliphatic heterocycles. The zero-order valence-electron chi connectivity index (χ0n) is 19.8. The first-order valence-corrected chi connectivity index (χ1v) is 10.9. The number of hydrogen-bond donors (Lipinski definition) is 1. The fourth-order valence-corrected chi connectivity index (χ4v) is 3.96. The molecule has 0 aromatic heterocycles. The minimum Gasteiger partial charge on any atom is -0.465 e. The molecular formula is C25H29N3O6. The number of nitrogens with zero attached hydrogens (tertiary/aromatic N) is 2. The summed E-state index contributed by atoms with van der Waals surface area (Å²) >= 11 is 0. The van der Waals surface area contributed by atoms with Crippen LogP contribution in [0.1, 0.15) is 42.2 Å². The molecule has 2 aromatic carbocycles. The maximum absolute atomic E-state index is 12.9. The van der Waals surface area contributed by atoms with E-state index in [0.717, 1.165) is 11.1 Å². The summed E-state index contributed by atoms with van der Waals surface area (Å²) in [6, 6.07) is 10.0. The molecule has 0 atom stereocenters. The highest BCUT2D eigenvalue weighted by atomic mass is 16.5. The van der Waals surface area contributed by atoms with Crippen LogP contribution in [0.15, 0.2) is 36.4 Å². The number of aryl methyl sites for hydroxylation is 2. The van der Waals surface area contributed by atoms with Crippen LogP contribution in [0.3, 0.4) is 0 Å². The van der Waals surface area contributed by atoms with Gasteiger partial charge in [-0.1, -0.05) is 17.2 Å². The number of esters is 2. The third kappa shape index (κ3) is 6.20. The molecule has 1 saturated heterocycles. The zero-order chi connectivity index (χ0) is 24.8. The lowest BCUT2D eigenvalue weighted by Gasteiger charge is -2.34. The van der Waals surface area contributed by atoms with Gasteiger partial charge in [0.1, 0.15) is 0 Å². The van der Waals surface area contributed by atoms with Crippen LogP contribution in [0.4, 0.5) is 5.69 Å². The summed E-state index contributed by atoms with van der Waals surface area (Å²) in [6.45, 7) is 6.19. The fourth-order valence-electron chi connectivity index (χ4n) is 3.96. The van der Waals surface area contributed by atoms with Gasteiger partial charge in [-0.05, 0) is 44.2 Å². The van der Waals surface area contributed by atoms with Crippen LogP contribution in [-0.4, -0.2) is 80.5 Å². The summed E-state index contributed by atoms with van der Waals surface area (Å²) in [7, 11) is 2.46. The Hall–Kier alpha value is -3.72. The van der Waals surface area contributed by atoms with Crippen molar-refractivity contribution in [3.63, 3.8) is 0 Å². The Morgan fingerprint density at radius 3 is 1.79 bits per heavy atom. The van der Waals surface area contributed by atoms with Crippen LogP contribution >= 0.6 is 0 Å². The Bertz CT molecular complexity index is 1050. The van der Waals surface area contributed by atoms with Crippen LogP contribution in [0.2, 0.25) is 0 Å². The molecule has 9 nitrogen and oxygen atoms in total. The van der Waals surface area contributed by atoms with Gasteiger partial charge >= 0.3 is 11.9 Å². The molecule has 9 heteroatoms. The highest BCUT2D eigenvalue weighted by molar-refractivity contribution is 6.00. The van der Waals surface area contributed by atoms with E-state index in [-0.39, 0.29) is 35.2 Å². The van der Waals surface area contributed by atoms with E-state index in [1.54, 1.807) is 4.90 Å². The molecule has 0 spiro atoms. The molecule has 3 rings (SSSR count). The molecule has 1 aliphatic rings. The summed E-state index contributed by atoms with van der Waals surface area (Å²) in [5.74, 6) is -1.57. The van der Waals surface area contributed by atoms with E-state index in [2.05, 4.69) is 5.32 Å². The summed E-state index contributed by atoms with van der Waals surface area (Å²) in [5, 5.41) is 2.72. The Balaban J connectivity index is 1.59. The van der Waals surface area contributed by atoms with Crippen molar-refractivity contribution >= 4 is 29.4 Å². The predicted molar refractivity (Wildman–Crippen MR) is 126 cm³/mol. The molecular weight excluding hydrogens is 438 g/mol. The number of ether oxygens (including phenoxy) is 2. The predicted octanol–water partition coefficient (Wildman–Crippen LogP) is 2.27. The van der Waals surface area contributed by atoms with Crippen molar-refractivity contribution in [2.75, 3.05) is 52.3 Å². The number of amides is 2. The first-order chi connectivity index (χ1) is 16.2. The highest BCUT2D eigenvalue weighted by Crippen LogP contribution is 2.18. The van der Waals surface area contributed by atoms with Crippen molar-refractivity contribution in [2.45, 2.75) is 13.8 Å². The van der Waals surface area contributed by atoms with Crippen LogP contribution in [0.5, 0.6) is 0 Å². The normalized spacial score (nSPS) is 13.8. The largest absolute Gasteiger partial charge is 0.465 e. The number of piperazine rings is 1. The van der Waals surface area contributed by atoms with Crippen LogP contribution in [0.25, 0.3) is 0 Å². The van der Waals surface area contributed by atoms with Crippen LogP contribution < -0.4 is 5.32 Å². The molecule has 1 heterocycles. The minimum atomic E-state index is -0.633. The second kappa shape index (κ2) is 10.9. The maximum Gasteiger partial charge on any atom is 0.337 e. The Labute approximate surface area is 198 Å². The fraction of sp³-hybridized carbons (Fsp3) is 0.360. The van der Waals surface area contributed by atoms with Gasteiger partial charge in [-0.3, -0.25) is 14.5 Å². The van der Waals surface area contributed by atoms with Gasteiger partial charge < -0.3 is 19.7 Å². The molecule has 180 valence electrons. The SMILES string of the molecule is COC(=O)c1cc(NC(=O)CN2CCN(C(=O)c3cc(C)cc(C)c3)CC2)cc(C(=O)OC)c1. The van der Waals surface area contributed by atoms with Gasteiger partial charge in [0.15, 0.2) is 0 Å². The zero-order valence-corrected chi connectivity index (χ0v) is 19.8. The minimum absolute atomic E-state index is 0.00846. The lowest BCUT2D eigenvalue weighted by Crippen LogP contribution is -2.50. The number of anilines is 1. The van der Waals surface area contributed by atoms with Crippen LogP contribution in [0, 0.1) is 13.8 Å². The van der Waals surface area contributed by atoms with E-state index in [4.69, 9.17) is 9.47 Å². The second-order valence-corrected chi connectivity index (χ2v) is 8.28. The van der Waals surface area contributed by atoms with E-state index in [0.29, 0.717) is 31.7 Å². The van der Waals surface area contributed by atoms with Gasteiger partial charge in [-0.25, -0.2) is 9.59 Å². The van der Waals surface area contributed by atoms with E-state index in [1.807, 2.05) is 36.9 Å². The van der Waals surface area contributed by atoms with Crippen molar-refractivity contribution in [3.8, 4) is 0 Å². The summed E-state index contributed by atoms with van der Waals surface area (Å²) in [4.78, 5) is 53.1. The van der Waals surface area contributed by atoms with Crippen molar-refractivity contribution in [1.82, 2.24) is 9.80 Å². The number of hydrogen-bond acceptors (Lipinski definition) is 7. The third-order valence-corrected chi connectivity index (χ3v) is 5.55. The third-order valence-electron chi connectivity index (χ3n) is 5.55. The lowest BCUT2D eigenvalue weighted by atomic mass is 10.1. The van der Waals surface area contributed by atoms with Gasteiger partial charge in [0.05, 0.1) is 31.9 Å². The average Bonchev–Trinajstić information content (AvgIpc) is 2.82. The Morgan fingerprint density at radius 2 is 1.29 bits per heavy atom. The Morgan fingerprint density at radius 1 is 0.765 bits per heavy atom. The molecule has 2 amide bonds. The van der Waals surface area contributed by atoms with Crippen molar-refractivity contribution in [1.29, 1.82) is 0 Å². The summed E-state index contributed by atoms with van der Waals surface area (Å²) < 4.78 is 9.43. The molecule has 0 saturated carbocycles. The molecule has 1 fully saturated rings. The number of carbonyl (C=O) groups excluding carboxylic acids is 4. The van der Waals surface area contributed by atoms with Crippen molar-refractivity contribution in [3.05, 3.63) is 64.2 Å². The molecule has 0 radical (unpaired) electrons. The molecule has 0 unspecified atom stereocenters. The van der Waals surface area contributed by atoms with Crippen molar-refractivity contribution in [2.24, 2.45) is 0 Å². The van der Waals surface area contributed by atoms with Crippen molar-refractivity contribution < 1.29 is 28.7 Å².